The first-order valence-corrected chi connectivity index (χ1v) is 5.16. The number of rotatable bonds is 2. The Hall–Kier alpha value is -0.790. The molecular weight excluding hydrogens is 165 g/mol. The van der Waals surface area contributed by atoms with Crippen LogP contribution in [-0.2, 0) is 0 Å². The van der Waals surface area contributed by atoms with Gasteiger partial charge in [-0.05, 0) is 31.4 Å². The normalized spacial score (nSPS) is 24.1. The molecule has 0 unspecified atom stereocenters. The van der Waals surface area contributed by atoms with E-state index >= 15 is 0 Å². The van der Waals surface area contributed by atoms with Gasteiger partial charge in [-0.15, -0.1) is 0 Å². The molecule has 1 fully saturated rings. The molecule has 0 heterocycles. The van der Waals surface area contributed by atoms with Crippen LogP contribution in [0.3, 0.4) is 0 Å². The Kier molecular flexibility index (Phi) is 2.67. The lowest BCUT2D eigenvalue weighted by atomic mass is 10.1. The van der Waals surface area contributed by atoms with Gasteiger partial charge in [0.2, 0.25) is 0 Å². The Morgan fingerprint density at radius 3 is 2.54 bits per heavy atom. The van der Waals surface area contributed by atoms with Gasteiger partial charge in [0.15, 0.2) is 0 Å². The van der Waals surface area contributed by atoms with Crippen molar-refractivity contribution in [1.82, 2.24) is 5.32 Å². The van der Waals surface area contributed by atoms with E-state index in [-0.39, 0.29) is 5.83 Å². The van der Waals surface area contributed by atoms with Crippen molar-refractivity contribution < 1.29 is 4.39 Å². The predicted molar refractivity (Wildman–Crippen MR) is 51.9 cm³/mol. The highest BCUT2D eigenvalue weighted by Crippen LogP contribution is 2.22. The summed E-state index contributed by atoms with van der Waals surface area (Å²) in [5, 5.41) is 3.49. The summed E-state index contributed by atoms with van der Waals surface area (Å²) in [5.41, 5.74) is 1.22. The van der Waals surface area contributed by atoms with Crippen molar-refractivity contribution in [2.75, 3.05) is 0 Å². The number of hydrogen-bond donors (Lipinski definition) is 1. The van der Waals surface area contributed by atoms with E-state index in [1.165, 1.54) is 31.4 Å². The van der Waals surface area contributed by atoms with Gasteiger partial charge in [-0.25, -0.2) is 4.39 Å². The van der Waals surface area contributed by atoms with Crippen molar-refractivity contribution in [1.29, 1.82) is 0 Å². The Balaban J connectivity index is 1.87. The summed E-state index contributed by atoms with van der Waals surface area (Å²) in [7, 11) is 0. The van der Waals surface area contributed by atoms with E-state index in [2.05, 4.69) is 5.32 Å². The zero-order chi connectivity index (χ0) is 9.10. The van der Waals surface area contributed by atoms with Crippen molar-refractivity contribution in [3.05, 3.63) is 23.7 Å². The van der Waals surface area contributed by atoms with Gasteiger partial charge >= 0.3 is 0 Å². The molecule has 0 aromatic carbocycles. The molecule has 0 aromatic rings. The Morgan fingerprint density at radius 2 is 1.92 bits per heavy atom. The fourth-order valence-electron chi connectivity index (χ4n) is 2.06. The van der Waals surface area contributed by atoms with Crippen LogP contribution < -0.4 is 5.32 Å². The molecule has 2 rings (SSSR count). The van der Waals surface area contributed by atoms with Crippen LogP contribution in [-0.4, -0.2) is 6.04 Å². The second-order valence-electron chi connectivity index (χ2n) is 3.93. The first-order valence-electron chi connectivity index (χ1n) is 5.16. The molecule has 2 aliphatic rings. The van der Waals surface area contributed by atoms with Gasteiger partial charge in [-0.1, -0.05) is 12.8 Å². The summed E-state index contributed by atoms with van der Waals surface area (Å²) in [6.45, 7) is 0. The Labute approximate surface area is 78.7 Å². The van der Waals surface area contributed by atoms with Gasteiger partial charge < -0.3 is 5.32 Å². The van der Waals surface area contributed by atoms with E-state index in [0.29, 0.717) is 12.5 Å². The molecule has 0 atom stereocenters. The maximum absolute atomic E-state index is 12.7. The molecule has 2 heteroatoms. The zero-order valence-corrected chi connectivity index (χ0v) is 7.85. The van der Waals surface area contributed by atoms with E-state index in [1.54, 1.807) is 6.08 Å². The molecular formula is C11H16FN. The summed E-state index contributed by atoms with van der Waals surface area (Å²) in [4.78, 5) is 0. The lowest BCUT2D eigenvalue weighted by Crippen LogP contribution is -2.25. The number of allylic oxidation sites excluding steroid dienone is 4. The van der Waals surface area contributed by atoms with Crippen LogP contribution in [0.2, 0.25) is 0 Å². The smallest absolute Gasteiger partial charge is 0.100 e. The third-order valence-corrected chi connectivity index (χ3v) is 2.84. The first-order chi connectivity index (χ1) is 6.34. The first kappa shape index (κ1) is 8.79. The van der Waals surface area contributed by atoms with Crippen LogP contribution in [0.5, 0.6) is 0 Å². The van der Waals surface area contributed by atoms with E-state index in [4.69, 9.17) is 0 Å². The topological polar surface area (TPSA) is 12.0 Å². The van der Waals surface area contributed by atoms with Gasteiger partial charge in [0.25, 0.3) is 0 Å². The van der Waals surface area contributed by atoms with Crippen LogP contribution in [0.1, 0.15) is 38.5 Å². The fraction of sp³-hybridized carbons (Fsp3) is 0.636. The molecule has 13 heavy (non-hydrogen) atoms. The molecule has 2 aliphatic carbocycles. The van der Waals surface area contributed by atoms with Gasteiger partial charge in [0.05, 0.1) is 0 Å². The van der Waals surface area contributed by atoms with Crippen molar-refractivity contribution >= 4 is 0 Å². The van der Waals surface area contributed by atoms with Crippen molar-refractivity contribution in [2.45, 2.75) is 44.6 Å². The molecule has 0 radical (unpaired) electrons. The van der Waals surface area contributed by atoms with Crippen molar-refractivity contribution in [3.8, 4) is 0 Å². The molecule has 0 amide bonds. The third-order valence-electron chi connectivity index (χ3n) is 2.84. The minimum absolute atomic E-state index is 0.0111. The van der Waals surface area contributed by atoms with Crippen LogP contribution in [0, 0.1) is 0 Å². The minimum atomic E-state index is 0.0111. The number of hydrogen-bond acceptors (Lipinski definition) is 1. The van der Waals surface area contributed by atoms with E-state index in [0.717, 1.165) is 6.42 Å². The molecule has 0 aromatic heterocycles. The van der Waals surface area contributed by atoms with E-state index in [9.17, 15) is 4.39 Å². The summed E-state index contributed by atoms with van der Waals surface area (Å²) < 4.78 is 12.7. The van der Waals surface area contributed by atoms with Gasteiger partial charge in [0.1, 0.15) is 5.83 Å². The van der Waals surface area contributed by atoms with Gasteiger partial charge in [-0.3, -0.25) is 0 Å². The molecule has 72 valence electrons. The van der Waals surface area contributed by atoms with Gasteiger partial charge in [-0.2, -0.15) is 0 Å². The molecule has 0 saturated heterocycles. The SMILES string of the molecule is FC1=CC=C(NC2CCCC2)CC1. The quantitative estimate of drug-likeness (QED) is 0.690. The molecule has 1 saturated carbocycles. The van der Waals surface area contributed by atoms with E-state index < -0.39 is 0 Å². The summed E-state index contributed by atoms with van der Waals surface area (Å²) in [6, 6.07) is 0.654. The second kappa shape index (κ2) is 3.95. The Bertz CT molecular complexity index is 236. The van der Waals surface area contributed by atoms with Crippen LogP contribution in [0.15, 0.2) is 23.7 Å². The lowest BCUT2D eigenvalue weighted by molar-refractivity contribution is 0.535. The number of nitrogens with one attached hydrogen (secondary N) is 1. The average Bonchev–Trinajstić information content (AvgIpc) is 2.62. The molecule has 0 spiro atoms. The van der Waals surface area contributed by atoms with Crippen LogP contribution in [0.4, 0.5) is 4.39 Å². The second-order valence-corrected chi connectivity index (χ2v) is 3.93. The van der Waals surface area contributed by atoms with Crippen LogP contribution in [0.25, 0.3) is 0 Å². The average molecular weight is 181 g/mol. The molecule has 0 bridgehead atoms. The molecule has 1 N–H and O–H groups in total. The monoisotopic (exact) mass is 181 g/mol. The standard InChI is InChI=1S/C11H16FN/c12-9-5-7-11(8-6-9)13-10-3-1-2-4-10/h5,7,10,13H,1-4,6,8H2. The minimum Gasteiger partial charge on any atom is -0.386 e. The predicted octanol–water partition coefficient (Wildman–Crippen LogP) is 3.05. The lowest BCUT2D eigenvalue weighted by Gasteiger charge is -2.18. The molecule has 0 aliphatic heterocycles. The van der Waals surface area contributed by atoms with E-state index in [1.807, 2.05) is 6.08 Å². The maximum Gasteiger partial charge on any atom is 0.100 e. The van der Waals surface area contributed by atoms with Crippen LogP contribution >= 0.6 is 0 Å². The highest BCUT2D eigenvalue weighted by Gasteiger charge is 2.16. The summed E-state index contributed by atoms with van der Waals surface area (Å²) >= 11 is 0. The fourth-order valence-corrected chi connectivity index (χ4v) is 2.06. The zero-order valence-electron chi connectivity index (χ0n) is 7.85. The number of halogens is 1. The van der Waals surface area contributed by atoms with Gasteiger partial charge in [0, 0.05) is 18.2 Å². The Morgan fingerprint density at radius 1 is 1.15 bits per heavy atom. The summed E-state index contributed by atoms with van der Waals surface area (Å²) in [6.07, 6.45) is 10.1. The third kappa shape index (κ3) is 2.33. The van der Waals surface area contributed by atoms with Crippen molar-refractivity contribution in [3.63, 3.8) is 0 Å². The largest absolute Gasteiger partial charge is 0.386 e. The summed E-state index contributed by atoms with van der Waals surface area (Å²) in [5.74, 6) is 0.0111. The highest BCUT2D eigenvalue weighted by molar-refractivity contribution is 5.19. The highest BCUT2D eigenvalue weighted by atomic mass is 19.1. The maximum atomic E-state index is 12.7. The molecule has 1 nitrogen and oxygen atoms in total. The van der Waals surface area contributed by atoms with Crippen molar-refractivity contribution in [2.24, 2.45) is 0 Å².